The second kappa shape index (κ2) is 8.78. The molecule has 0 aromatic heterocycles. The molecule has 6 heteroatoms. The highest BCUT2D eigenvalue weighted by atomic mass is 16.3. The number of para-hydroxylation sites is 1. The van der Waals surface area contributed by atoms with E-state index in [4.69, 9.17) is 0 Å². The minimum Gasteiger partial charge on any atom is -0.507 e. The van der Waals surface area contributed by atoms with Crippen LogP contribution in [-0.2, 0) is 16.0 Å². The molecule has 3 aromatic carbocycles. The number of carbonyl (C=O) groups is 2. The van der Waals surface area contributed by atoms with Crippen LogP contribution in [0.5, 0.6) is 5.75 Å². The van der Waals surface area contributed by atoms with Gasteiger partial charge in [0.1, 0.15) is 5.75 Å². The molecule has 1 aliphatic rings. The number of aromatic hydroxyl groups is 1. The van der Waals surface area contributed by atoms with E-state index < -0.39 is 0 Å². The van der Waals surface area contributed by atoms with Crippen molar-refractivity contribution in [3.63, 3.8) is 0 Å². The zero-order valence-electron chi connectivity index (χ0n) is 16.5. The summed E-state index contributed by atoms with van der Waals surface area (Å²) in [6.07, 6.45) is 3.49. The number of anilines is 1. The number of benzene rings is 3. The molecule has 2 amide bonds. The van der Waals surface area contributed by atoms with E-state index in [0.717, 1.165) is 29.3 Å². The van der Waals surface area contributed by atoms with Crippen molar-refractivity contribution in [3.8, 4) is 5.75 Å². The summed E-state index contributed by atoms with van der Waals surface area (Å²) in [5.41, 5.74) is 5.10. The zero-order valence-corrected chi connectivity index (χ0v) is 16.5. The fraction of sp³-hybridized carbons (Fsp3) is 0.208. The average molecular weight is 401 g/mol. The van der Waals surface area contributed by atoms with Crippen LogP contribution in [0.2, 0.25) is 0 Å². The van der Waals surface area contributed by atoms with E-state index in [0.29, 0.717) is 12.1 Å². The third kappa shape index (κ3) is 4.17. The number of nitrogens with one attached hydrogen (secondary N) is 1. The Morgan fingerprint density at radius 1 is 1.03 bits per heavy atom. The summed E-state index contributed by atoms with van der Waals surface area (Å²) >= 11 is 0. The van der Waals surface area contributed by atoms with Crippen molar-refractivity contribution in [1.82, 2.24) is 5.43 Å². The summed E-state index contributed by atoms with van der Waals surface area (Å²) in [5, 5.41) is 15.9. The van der Waals surface area contributed by atoms with Gasteiger partial charge >= 0.3 is 0 Å². The number of rotatable bonds is 5. The van der Waals surface area contributed by atoms with Gasteiger partial charge in [-0.05, 0) is 41.3 Å². The molecule has 0 unspecified atom stereocenters. The van der Waals surface area contributed by atoms with Crippen LogP contribution in [0.15, 0.2) is 65.8 Å². The third-order valence-corrected chi connectivity index (χ3v) is 5.31. The SMILES string of the molecule is O=C(CCC(=O)N1CCCc2ccccc21)NN=Cc1c(O)ccc2ccccc12. The number of phenols is 1. The molecule has 0 fully saturated rings. The number of hydrogen-bond acceptors (Lipinski definition) is 4. The molecule has 0 saturated heterocycles. The zero-order chi connectivity index (χ0) is 20.9. The first-order valence-corrected chi connectivity index (χ1v) is 10.0. The van der Waals surface area contributed by atoms with Crippen molar-refractivity contribution in [1.29, 1.82) is 0 Å². The Morgan fingerprint density at radius 3 is 2.73 bits per heavy atom. The number of amides is 2. The number of fused-ring (bicyclic) bond motifs is 2. The number of nitrogens with zero attached hydrogens (tertiary/aromatic N) is 2. The fourth-order valence-electron chi connectivity index (χ4n) is 3.79. The van der Waals surface area contributed by atoms with Gasteiger partial charge in [-0.2, -0.15) is 5.10 Å². The molecule has 1 aliphatic heterocycles. The normalized spacial score (nSPS) is 13.4. The van der Waals surface area contributed by atoms with E-state index in [1.165, 1.54) is 11.8 Å². The van der Waals surface area contributed by atoms with Gasteiger partial charge in [0.15, 0.2) is 0 Å². The summed E-state index contributed by atoms with van der Waals surface area (Å²) in [5.74, 6) is -0.316. The van der Waals surface area contributed by atoms with Crippen LogP contribution in [0.1, 0.15) is 30.4 Å². The molecule has 0 aliphatic carbocycles. The highest BCUT2D eigenvalue weighted by Gasteiger charge is 2.22. The van der Waals surface area contributed by atoms with Crippen LogP contribution in [0.4, 0.5) is 5.69 Å². The Labute approximate surface area is 174 Å². The van der Waals surface area contributed by atoms with Gasteiger partial charge in [0.05, 0.1) is 6.21 Å². The van der Waals surface area contributed by atoms with Crippen LogP contribution in [-0.4, -0.2) is 29.7 Å². The quantitative estimate of drug-likeness (QED) is 0.505. The van der Waals surface area contributed by atoms with Crippen LogP contribution in [0, 0.1) is 0 Å². The maximum Gasteiger partial charge on any atom is 0.240 e. The molecular weight excluding hydrogens is 378 g/mol. The Bertz CT molecular complexity index is 1120. The Balaban J connectivity index is 1.35. The topological polar surface area (TPSA) is 82.0 Å². The van der Waals surface area contributed by atoms with Gasteiger partial charge in [-0.15, -0.1) is 0 Å². The van der Waals surface area contributed by atoms with Gasteiger partial charge in [0.25, 0.3) is 0 Å². The van der Waals surface area contributed by atoms with Gasteiger partial charge in [-0.1, -0.05) is 48.5 Å². The van der Waals surface area contributed by atoms with Crippen LogP contribution < -0.4 is 10.3 Å². The highest BCUT2D eigenvalue weighted by Crippen LogP contribution is 2.27. The van der Waals surface area contributed by atoms with Gasteiger partial charge in [-0.3, -0.25) is 9.59 Å². The van der Waals surface area contributed by atoms with Crippen molar-refractivity contribution in [2.75, 3.05) is 11.4 Å². The van der Waals surface area contributed by atoms with Crippen molar-refractivity contribution < 1.29 is 14.7 Å². The summed E-state index contributed by atoms with van der Waals surface area (Å²) in [4.78, 5) is 26.5. The molecular formula is C24H23N3O3. The van der Waals surface area contributed by atoms with Crippen molar-refractivity contribution in [2.45, 2.75) is 25.7 Å². The minimum atomic E-state index is -0.343. The molecule has 6 nitrogen and oxygen atoms in total. The standard InChI is InChI=1S/C24H23N3O3/c28-22-12-11-17-6-1-3-9-19(17)20(22)16-25-26-23(29)13-14-24(30)27-15-5-8-18-7-2-4-10-21(18)27/h1-4,6-7,9-12,16,28H,5,8,13-15H2,(H,26,29). The van der Waals surface area contributed by atoms with Gasteiger partial charge in [0, 0.05) is 30.6 Å². The molecule has 0 saturated carbocycles. The van der Waals surface area contributed by atoms with E-state index in [2.05, 4.69) is 10.5 Å². The van der Waals surface area contributed by atoms with Crippen LogP contribution in [0.25, 0.3) is 10.8 Å². The van der Waals surface area contributed by atoms with Gasteiger partial charge in [0.2, 0.25) is 11.8 Å². The Morgan fingerprint density at radius 2 is 1.83 bits per heavy atom. The van der Waals surface area contributed by atoms with E-state index in [9.17, 15) is 14.7 Å². The predicted octanol–water partition coefficient (Wildman–Crippen LogP) is 3.76. The molecule has 152 valence electrons. The second-order valence-electron chi connectivity index (χ2n) is 7.29. The average Bonchev–Trinajstić information content (AvgIpc) is 2.78. The first-order chi connectivity index (χ1) is 14.6. The first kappa shape index (κ1) is 19.6. The maximum atomic E-state index is 12.6. The number of hydrogen-bond donors (Lipinski definition) is 2. The predicted molar refractivity (Wildman–Crippen MR) is 118 cm³/mol. The molecule has 3 aromatic rings. The smallest absolute Gasteiger partial charge is 0.240 e. The summed E-state index contributed by atoms with van der Waals surface area (Å²) < 4.78 is 0. The van der Waals surface area contributed by atoms with E-state index in [-0.39, 0.29) is 30.4 Å². The second-order valence-corrected chi connectivity index (χ2v) is 7.29. The van der Waals surface area contributed by atoms with Crippen LogP contribution >= 0.6 is 0 Å². The number of phenolic OH excluding ortho intramolecular Hbond substituents is 1. The lowest BCUT2D eigenvalue weighted by Gasteiger charge is -2.29. The van der Waals surface area contributed by atoms with Gasteiger partial charge < -0.3 is 10.0 Å². The van der Waals surface area contributed by atoms with Crippen molar-refractivity contribution >= 4 is 34.5 Å². The lowest BCUT2D eigenvalue weighted by molar-refractivity contribution is -0.125. The Hall–Kier alpha value is -3.67. The molecule has 2 N–H and O–H groups in total. The van der Waals surface area contributed by atoms with Crippen molar-refractivity contribution in [2.24, 2.45) is 5.10 Å². The molecule has 0 spiro atoms. The summed E-state index contributed by atoms with van der Waals surface area (Å²) in [7, 11) is 0. The molecule has 0 bridgehead atoms. The largest absolute Gasteiger partial charge is 0.507 e. The number of aryl methyl sites for hydroxylation is 1. The minimum absolute atomic E-state index is 0.0519. The first-order valence-electron chi connectivity index (χ1n) is 10.0. The monoisotopic (exact) mass is 401 g/mol. The van der Waals surface area contributed by atoms with E-state index >= 15 is 0 Å². The summed E-state index contributed by atoms with van der Waals surface area (Å²) in [6, 6.07) is 18.9. The van der Waals surface area contributed by atoms with E-state index in [1.54, 1.807) is 11.0 Å². The lowest BCUT2D eigenvalue weighted by atomic mass is 10.0. The maximum absolute atomic E-state index is 12.6. The molecule has 0 radical (unpaired) electrons. The third-order valence-electron chi connectivity index (χ3n) is 5.31. The fourth-order valence-corrected chi connectivity index (χ4v) is 3.79. The molecule has 1 heterocycles. The number of carbonyl (C=O) groups excluding carboxylic acids is 2. The van der Waals surface area contributed by atoms with Crippen LogP contribution in [0.3, 0.4) is 0 Å². The number of hydrazone groups is 1. The summed E-state index contributed by atoms with van der Waals surface area (Å²) in [6.45, 7) is 0.677. The molecule has 4 rings (SSSR count). The van der Waals surface area contributed by atoms with E-state index in [1.807, 2.05) is 54.6 Å². The highest BCUT2D eigenvalue weighted by molar-refractivity contribution is 6.02. The van der Waals surface area contributed by atoms with Crippen molar-refractivity contribution in [3.05, 3.63) is 71.8 Å². The van der Waals surface area contributed by atoms with Gasteiger partial charge in [-0.25, -0.2) is 5.43 Å². The lowest BCUT2D eigenvalue weighted by Crippen LogP contribution is -2.36. The molecule has 0 atom stereocenters. The Kier molecular flexibility index (Phi) is 5.75. The molecule has 30 heavy (non-hydrogen) atoms.